The molecule has 0 saturated carbocycles. The predicted molar refractivity (Wildman–Crippen MR) is 123 cm³/mol. The van der Waals surface area contributed by atoms with Crippen LogP contribution in [0.25, 0.3) is 12.2 Å². The lowest BCUT2D eigenvalue weighted by molar-refractivity contribution is 0.128. The Hall–Kier alpha value is -3.11. The SMILES string of the molecule is O=C(Oc1ccccc1)N1CCC(C2c3ccc(Cl)cc3C=Cc3cccnc32)CC1. The van der Waals surface area contributed by atoms with Crippen molar-refractivity contribution in [3.8, 4) is 5.75 Å². The molecular formula is C26H23ClN2O2. The van der Waals surface area contributed by atoms with Crippen LogP contribution >= 0.6 is 11.6 Å². The molecule has 5 rings (SSSR count). The van der Waals surface area contributed by atoms with Crippen LogP contribution in [-0.2, 0) is 0 Å². The first-order valence-corrected chi connectivity index (χ1v) is 11.0. The molecule has 156 valence electrons. The van der Waals surface area contributed by atoms with E-state index >= 15 is 0 Å². The zero-order valence-electron chi connectivity index (χ0n) is 17.1. The second-order valence-corrected chi connectivity index (χ2v) is 8.50. The highest BCUT2D eigenvalue weighted by Gasteiger charge is 2.34. The van der Waals surface area contributed by atoms with Crippen LogP contribution in [0.5, 0.6) is 5.75 Å². The highest BCUT2D eigenvalue weighted by molar-refractivity contribution is 6.30. The smallest absolute Gasteiger partial charge is 0.410 e. The summed E-state index contributed by atoms with van der Waals surface area (Å²) in [5.74, 6) is 1.13. The van der Waals surface area contributed by atoms with Gasteiger partial charge in [0.25, 0.3) is 0 Å². The predicted octanol–water partition coefficient (Wildman–Crippen LogP) is 6.26. The Kier molecular flexibility index (Phi) is 5.47. The third kappa shape index (κ3) is 4.08. The summed E-state index contributed by atoms with van der Waals surface area (Å²) in [5.41, 5.74) is 4.64. The number of para-hydroxylation sites is 1. The molecule has 0 bridgehead atoms. The molecule has 1 saturated heterocycles. The van der Waals surface area contributed by atoms with Crippen LogP contribution in [0.3, 0.4) is 0 Å². The molecule has 1 atom stereocenters. The molecule has 1 aliphatic carbocycles. The lowest BCUT2D eigenvalue weighted by Crippen LogP contribution is -2.41. The molecule has 1 aliphatic heterocycles. The van der Waals surface area contributed by atoms with E-state index in [0.29, 0.717) is 24.8 Å². The summed E-state index contributed by atoms with van der Waals surface area (Å²) < 4.78 is 5.53. The number of nitrogens with zero attached hydrogens (tertiary/aromatic N) is 2. The number of amides is 1. The maximum Gasteiger partial charge on any atom is 0.415 e. The maximum absolute atomic E-state index is 12.6. The van der Waals surface area contributed by atoms with E-state index in [9.17, 15) is 4.79 Å². The summed E-state index contributed by atoms with van der Waals surface area (Å²) in [6.45, 7) is 1.34. The van der Waals surface area contributed by atoms with E-state index in [-0.39, 0.29) is 12.0 Å². The number of likely N-dealkylation sites (tertiary alicyclic amines) is 1. The Balaban J connectivity index is 1.37. The number of hydrogen-bond acceptors (Lipinski definition) is 3. The fourth-order valence-electron chi connectivity index (χ4n) is 4.68. The minimum Gasteiger partial charge on any atom is -0.410 e. The molecule has 2 aromatic carbocycles. The van der Waals surface area contributed by atoms with Crippen LogP contribution in [0.1, 0.15) is 41.1 Å². The molecule has 1 aromatic heterocycles. The maximum atomic E-state index is 12.6. The number of benzene rings is 2. The van der Waals surface area contributed by atoms with E-state index in [2.05, 4.69) is 24.3 Å². The largest absolute Gasteiger partial charge is 0.415 e. The van der Waals surface area contributed by atoms with Crippen LogP contribution < -0.4 is 4.74 Å². The fraction of sp³-hybridized carbons (Fsp3) is 0.231. The molecule has 4 nitrogen and oxygen atoms in total. The number of halogens is 1. The van der Waals surface area contributed by atoms with Crippen molar-refractivity contribution in [1.29, 1.82) is 0 Å². The third-order valence-corrected chi connectivity index (χ3v) is 6.44. The zero-order valence-corrected chi connectivity index (χ0v) is 17.8. The molecular weight excluding hydrogens is 408 g/mol. The molecule has 1 fully saturated rings. The summed E-state index contributed by atoms with van der Waals surface area (Å²) in [6, 6.07) is 19.4. The second kappa shape index (κ2) is 8.56. The third-order valence-electron chi connectivity index (χ3n) is 6.21. The van der Waals surface area contributed by atoms with Crippen molar-refractivity contribution in [2.45, 2.75) is 18.8 Å². The monoisotopic (exact) mass is 430 g/mol. The van der Waals surface area contributed by atoms with E-state index < -0.39 is 0 Å². The van der Waals surface area contributed by atoms with Gasteiger partial charge < -0.3 is 9.64 Å². The number of ether oxygens (including phenoxy) is 1. The summed E-state index contributed by atoms with van der Waals surface area (Å²) >= 11 is 6.29. The first-order valence-electron chi connectivity index (χ1n) is 10.6. The van der Waals surface area contributed by atoms with Crippen molar-refractivity contribution < 1.29 is 9.53 Å². The van der Waals surface area contributed by atoms with Crippen LogP contribution in [0, 0.1) is 5.92 Å². The van der Waals surface area contributed by atoms with Crippen molar-refractivity contribution in [2.75, 3.05) is 13.1 Å². The van der Waals surface area contributed by atoms with Gasteiger partial charge in [-0.1, -0.05) is 54.1 Å². The van der Waals surface area contributed by atoms with Crippen molar-refractivity contribution >= 4 is 29.8 Å². The second-order valence-electron chi connectivity index (χ2n) is 8.07. The highest BCUT2D eigenvalue weighted by Crippen LogP contribution is 2.42. The zero-order chi connectivity index (χ0) is 21.2. The van der Waals surface area contributed by atoms with Gasteiger partial charge in [0.15, 0.2) is 0 Å². The van der Waals surface area contributed by atoms with Crippen molar-refractivity contribution in [1.82, 2.24) is 9.88 Å². The van der Waals surface area contributed by atoms with Crippen molar-refractivity contribution in [3.05, 3.63) is 94.3 Å². The van der Waals surface area contributed by atoms with Crippen LogP contribution in [-0.4, -0.2) is 29.1 Å². The number of fused-ring (bicyclic) bond motifs is 2. The number of pyridine rings is 1. The lowest BCUT2D eigenvalue weighted by Gasteiger charge is -2.36. The van der Waals surface area contributed by atoms with Gasteiger partial charge in [-0.3, -0.25) is 4.98 Å². The molecule has 5 heteroatoms. The normalized spacial score (nSPS) is 18.1. The van der Waals surface area contributed by atoms with E-state index in [1.807, 2.05) is 42.6 Å². The quantitative estimate of drug-likeness (QED) is 0.481. The Morgan fingerprint density at radius 1 is 0.968 bits per heavy atom. The Morgan fingerprint density at radius 2 is 1.74 bits per heavy atom. The Labute approximate surface area is 187 Å². The first-order chi connectivity index (χ1) is 15.2. The lowest BCUT2D eigenvalue weighted by atomic mass is 9.76. The van der Waals surface area contributed by atoms with Crippen molar-refractivity contribution in [2.24, 2.45) is 5.92 Å². The highest BCUT2D eigenvalue weighted by atomic mass is 35.5. The number of carbonyl (C=O) groups is 1. The van der Waals surface area contributed by atoms with E-state index in [0.717, 1.165) is 34.7 Å². The topological polar surface area (TPSA) is 42.4 Å². The molecule has 2 aliphatic rings. The van der Waals surface area contributed by atoms with Gasteiger partial charge in [0.2, 0.25) is 0 Å². The molecule has 0 spiro atoms. The number of hydrogen-bond donors (Lipinski definition) is 0. The number of carbonyl (C=O) groups excluding carboxylic acids is 1. The number of aromatic nitrogens is 1. The summed E-state index contributed by atoms with van der Waals surface area (Å²) in [6.07, 6.45) is 7.64. The molecule has 2 heterocycles. The minimum atomic E-state index is -0.280. The summed E-state index contributed by atoms with van der Waals surface area (Å²) in [7, 11) is 0. The summed E-state index contributed by atoms with van der Waals surface area (Å²) in [4.78, 5) is 19.2. The molecule has 3 aromatic rings. The van der Waals surface area contributed by atoms with Gasteiger partial charge in [-0.05, 0) is 65.8 Å². The molecule has 1 unspecified atom stereocenters. The summed E-state index contributed by atoms with van der Waals surface area (Å²) in [5, 5.41) is 0.736. The van der Waals surface area contributed by atoms with E-state index in [4.69, 9.17) is 21.3 Å². The standard InChI is InChI=1S/C26H23ClN2O2/c27-21-10-11-23-20(17-21)9-8-19-5-4-14-28-25(19)24(23)18-12-15-29(16-13-18)26(30)31-22-6-2-1-3-7-22/h1-11,14,17-18,24H,12-13,15-16H2. The van der Waals surface area contributed by atoms with Gasteiger partial charge in [0.1, 0.15) is 5.75 Å². The van der Waals surface area contributed by atoms with Crippen molar-refractivity contribution in [3.63, 3.8) is 0 Å². The first kappa shape index (κ1) is 19.8. The van der Waals surface area contributed by atoms with Gasteiger partial charge in [-0.15, -0.1) is 0 Å². The van der Waals surface area contributed by atoms with Crippen LogP contribution in [0.2, 0.25) is 5.02 Å². The number of piperidine rings is 1. The van der Waals surface area contributed by atoms with Gasteiger partial charge in [-0.25, -0.2) is 4.79 Å². The average Bonchev–Trinajstić information content (AvgIpc) is 2.96. The van der Waals surface area contributed by atoms with E-state index in [1.54, 1.807) is 17.0 Å². The van der Waals surface area contributed by atoms with Gasteiger partial charge >= 0.3 is 6.09 Å². The van der Waals surface area contributed by atoms with Gasteiger partial charge in [0.05, 0.1) is 5.69 Å². The fourth-order valence-corrected chi connectivity index (χ4v) is 4.86. The Morgan fingerprint density at radius 3 is 2.55 bits per heavy atom. The van der Waals surface area contributed by atoms with Gasteiger partial charge in [-0.2, -0.15) is 0 Å². The van der Waals surface area contributed by atoms with Crippen LogP contribution in [0.15, 0.2) is 66.9 Å². The average molecular weight is 431 g/mol. The Bertz CT molecular complexity index is 1120. The molecule has 31 heavy (non-hydrogen) atoms. The molecule has 0 N–H and O–H groups in total. The van der Waals surface area contributed by atoms with Crippen LogP contribution in [0.4, 0.5) is 4.79 Å². The molecule has 0 radical (unpaired) electrons. The minimum absolute atomic E-state index is 0.172. The number of rotatable bonds is 2. The van der Waals surface area contributed by atoms with Gasteiger partial charge in [0, 0.05) is 30.2 Å². The van der Waals surface area contributed by atoms with E-state index in [1.165, 1.54) is 5.56 Å². The molecule has 1 amide bonds.